The van der Waals surface area contributed by atoms with E-state index in [0.29, 0.717) is 10.7 Å². The van der Waals surface area contributed by atoms with Crippen LogP contribution in [0.25, 0.3) is 11.8 Å². The lowest BCUT2D eigenvalue weighted by molar-refractivity contribution is -0.122. The predicted octanol–water partition coefficient (Wildman–Crippen LogP) is 4.76. The van der Waals surface area contributed by atoms with Gasteiger partial charge in [0.15, 0.2) is 0 Å². The van der Waals surface area contributed by atoms with E-state index in [1.807, 2.05) is 47.9 Å². The summed E-state index contributed by atoms with van der Waals surface area (Å²) in [4.78, 5) is 38.8. The summed E-state index contributed by atoms with van der Waals surface area (Å²) in [6.07, 6.45) is 1.46. The fraction of sp³-hybridized carbons (Fsp3) is 0.0455. The largest absolute Gasteiger partial charge is 0.335 e. The molecule has 1 N–H and O–H groups in total. The van der Waals surface area contributed by atoms with Crippen molar-refractivity contribution in [2.75, 3.05) is 4.90 Å². The Hall–Kier alpha value is -3.35. The Kier molecular flexibility index (Phi) is 5.20. The molecule has 1 fully saturated rings. The SMILES string of the molecule is Cc1ccc(/C=C2\C(=O)NC(=O)N(c3ccc(Cl)cc3Cl)C2=O)n1-c1ccccc1. The zero-order valence-electron chi connectivity index (χ0n) is 15.7. The lowest BCUT2D eigenvalue weighted by atomic mass is 10.1. The Morgan fingerprint density at radius 1 is 0.933 bits per heavy atom. The van der Waals surface area contributed by atoms with Gasteiger partial charge in [-0.3, -0.25) is 14.9 Å². The van der Waals surface area contributed by atoms with Crippen LogP contribution in [-0.2, 0) is 9.59 Å². The van der Waals surface area contributed by atoms with Gasteiger partial charge in [-0.1, -0.05) is 41.4 Å². The second kappa shape index (κ2) is 7.82. The average Bonchev–Trinajstić information content (AvgIpc) is 3.07. The highest BCUT2D eigenvalue weighted by Gasteiger charge is 2.38. The van der Waals surface area contributed by atoms with Gasteiger partial charge >= 0.3 is 6.03 Å². The number of rotatable bonds is 3. The summed E-state index contributed by atoms with van der Waals surface area (Å²) >= 11 is 12.1. The van der Waals surface area contributed by atoms with Gasteiger partial charge in [0.05, 0.1) is 10.7 Å². The van der Waals surface area contributed by atoms with Crippen LogP contribution >= 0.6 is 23.2 Å². The Balaban J connectivity index is 1.80. The maximum absolute atomic E-state index is 13.1. The van der Waals surface area contributed by atoms with Crippen molar-refractivity contribution in [1.29, 1.82) is 0 Å². The smallest absolute Gasteiger partial charge is 0.314 e. The van der Waals surface area contributed by atoms with Gasteiger partial charge in [-0.15, -0.1) is 0 Å². The number of urea groups is 1. The first-order chi connectivity index (χ1) is 14.4. The van der Waals surface area contributed by atoms with Crippen LogP contribution < -0.4 is 10.2 Å². The van der Waals surface area contributed by atoms with Crippen molar-refractivity contribution in [2.45, 2.75) is 6.92 Å². The third kappa shape index (κ3) is 3.51. The number of aromatic nitrogens is 1. The van der Waals surface area contributed by atoms with Crippen molar-refractivity contribution >= 4 is 52.8 Å². The van der Waals surface area contributed by atoms with Crippen molar-refractivity contribution in [3.8, 4) is 5.69 Å². The minimum Gasteiger partial charge on any atom is -0.314 e. The number of aryl methyl sites for hydroxylation is 1. The number of nitrogens with zero attached hydrogens (tertiary/aromatic N) is 2. The molecule has 30 heavy (non-hydrogen) atoms. The summed E-state index contributed by atoms with van der Waals surface area (Å²) in [5.74, 6) is -1.55. The van der Waals surface area contributed by atoms with Gasteiger partial charge in [-0.05, 0) is 55.5 Å². The van der Waals surface area contributed by atoms with Crippen LogP contribution in [0.4, 0.5) is 10.5 Å². The molecule has 4 rings (SSSR count). The van der Waals surface area contributed by atoms with Gasteiger partial charge in [0.1, 0.15) is 5.57 Å². The summed E-state index contributed by atoms with van der Waals surface area (Å²) in [6, 6.07) is 16.7. The summed E-state index contributed by atoms with van der Waals surface area (Å²) in [6.45, 7) is 1.92. The fourth-order valence-electron chi connectivity index (χ4n) is 3.29. The number of para-hydroxylation sites is 1. The second-order valence-corrected chi connectivity index (χ2v) is 7.47. The maximum atomic E-state index is 13.1. The number of hydrogen-bond acceptors (Lipinski definition) is 3. The first-order valence-electron chi connectivity index (χ1n) is 8.97. The van der Waals surface area contributed by atoms with Gasteiger partial charge < -0.3 is 4.57 Å². The van der Waals surface area contributed by atoms with Gasteiger partial charge in [0, 0.05) is 22.1 Å². The van der Waals surface area contributed by atoms with E-state index < -0.39 is 17.8 Å². The Labute approximate surface area is 182 Å². The summed E-state index contributed by atoms with van der Waals surface area (Å²) in [5, 5.41) is 2.67. The van der Waals surface area contributed by atoms with Gasteiger partial charge in [0.2, 0.25) is 0 Å². The zero-order chi connectivity index (χ0) is 21.4. The number of carbonyl (C=O) groups excluding carboxylic acids is 3. The van der Waals surface area contributed by atoms with Crippen molar-refractivity contribution in [3.63, 3.8) is 0 Å². The molecule has 1 saturated heterocycles. The molecule has 0 aliphatic carbocycles. The van der Waals surface area contributed by atoms with Crippen LogP contribution in [0.2, 0.25) is 10.0 Å². The second-order valence-electron chi connectivity index (χ2n) is 6.62. The molecule has 8 heteroatoms. The molecular weight excluding hydrogens is 425 g/mol. The molecule has 1 aromatic heterocycles. The number of nitrogens with one attached hydrogen (secondary N) is 1. The van der Waals surface area contributed by atoms with Gasteiger partial charge in [0.25, 0.3) is 11.8 Å². The lowest BCUT2D eigenvalue weighted by Gasteiger charge is -2.27. The van der Waals surface area contributed by atoms with Crippen LogP contribution in [0, 0.1) is 6.92 Å². The molecule has 150 valence electrons. The van der Waals surface area contributed by atoms with Crippen LogP contribution in [0.5, 0.6) is 0 Å². The van der Waals surface area contributed by atoms with Gasteiger partial charge in [-0.2, -0.15) is 0 Å². The monoisotopic (exact) mass is 439 g/mol. The first kappa shape index (κ1) is 19.9. The quantitative estimate of drug-likeness (QED) is 0.472. The fourth-order valence-corrected chi connectivity index (χ4v) is 3.78. The first-order valence-corrected chi connectivity index (χ1v) is 9.72. The van der Waals surface area contributed by atoms with E-state index in [0.717, 1.165) is 16.3 Å². The Bertz CT molecular complexity index is 1220. The van der Waals surface area contributed by atoms with Gasteiger partial charge in [-0.25, -0.2) is 9.69 Å². The number of amides is 4. The molecular formula is C22H15Cl2N3O3. The Morgan fingerprint density at radius 2 is 1.67 bits per heavy atom. The molecule has 0 unspecified atom stereocenters. The number of hydrogen-bond donors (Lipinski definition) is 1. The van der Waals surface area contributed by atoms with Crippen LogP contribution in [0.3, 0.4) is 0 Å². The summed E-state index contributed by atoms with van der Waals surface area (Å²) in [7, 11) is 0. The molecule has 0 radical (unpaired) electrons. The maximum Gasteiger partial charge on any atom is 0.335 e. The molecule has 2 aromatic carbocycles. The van der Waals surface area contributed by atoms with Crippen molar-refractivity contribution in [1.82, 2.24) is 9.88 Å². The van der Waals surface area contributed by atoms with E-state index >= 15 is 0 Å². The third-order valence-electron chi connectivity index (χ3n) is 4.67. The molecule has 0 saturated carbocycles. The number of halogens is 2. The summed E-state index contributed by atoms with van der Waals surface area (Å²) in [5.41, 5.74) is 2.37. The normalized spacial score (nSPS) is 15.6. The highest BCUT2D eigenvalue weighted by atomic mass is 35.5. The molecule has 4 amide bonds. The highest BCUT2D eigenvalue weighted by Crippen LogP contribution is 2.31. The molecule has 1 aliphatic heterocycles. The van der Waals surface area contributed by atoms with E-state index in [-0.39, 0.29) is 16.3 Å². The Morgan fingerprint density at radius 3 is 2.37 bits per heavy atom. The van der Waals surface area contributed by atoms with E-state index in [4.69, 9.17) is 23.2 Å². The molecule has 2 heterocycles. The number of anilines is 1. The minimum absolute atomic E-state index is 0.114. The van der Waals surface area contributed by atoms with E-state index in [2.05, 4.69) is 5.32 Å². The summed E-state index contributed by atoms with van der Waals surface area (Å²) < 4.78 is 1.91. The molecule has 6 nitrogen and oxygen atoms in total. The van der Waals surface area contributed by atoms with E-state index in [9.17, 15) is 14.4 Å². The zero-order valence-corrected chi connectivity index (χ0v) is 17.2. The predicted molar refractivity (Wildman–Crippen MR) is 116 cm³/mol. The third-order valence-corrected chi connectivity index (χ3v) is 5.20. The number of benzene rings is 2. The number of imide groups is 2. The standard InChI is InChI=1S/C22H15Cl2N3O3/c1-13-7-9-16(26(13)15-5-3-2-4-6-15)12-17-20(28)25-22(30)27(21(17)29)19-10-8-14(23)11-18(19)24/h2-12H,1H3,(H,25,28,30)/b17-12+. The molecule has 0 spiro atoms. The van der Waals surface area contributed by atoms with E-state index in [1.54, 1.807) is 6.07 Å². The van der Waals surface area contributed by atoms with Crippen LogP contribution in [0.1, 0.15) is 11.4 Å². The molecule has 0 atom stereocenters. The topological polar surface area (TPSA) is 71.4 Å². The van der Waals surface area contributed by atoms with Crippen molar-refractivity contribution < 1.29 is 14.4 Å². The average molecular weight is 440 g/mol. The minimum atomic E-state index is -0.874. The number of carbonyl (C=O) groups is 3. The molecule has 3 aromatic rings. The molecule has 1 aliphatic rings. The van der Waals surface area contributed by atoms with Crippen LogP contribution in [-0.4, -0.2) is 22.4 Å². The number of barbiturate groups is 1. The van der Waals surface area contributed by atoms with Crippen molar-refractivity contribution in [3.05, 3.63) is 87.7 Å². The lowest BCUT2D eigenvalue weighted by Crippen LogP contribution is -2.54. The van der Waals surface area contributed by atoms with E-state index in [1.165, 1.54) is 24.3 Å². The molecule has 0 bridgehead atoms. The highest BCUT2D eigenvalue weighted by molar-refractivity contribution is 6.42. The van der Waals surface area contributed by atoms with Crippen molar-refractivity contribution in [2.24, 2.45) is 0 Å². The van der Waals surface area contributed by atoms with Crippen LogP contribution in [0.15, 0.2) is 66.2 Å².